The van der Waals surface area contributed by atoms with Gasteiger partial charge in [-0.05, 0) is 67.1 Å². The molecule has 0 bridgehead atoms. The molecule has 0 atom stereocenters. The van der Waals surface area contributed by atoms with Crippen LogP contribution >= 0.6 is 0 Å². The Balaban J connectivity index is 1.47. The number of carbonyl (C=O) groups excluding carboxylic acids is 3. The van der Waals surface area contributed by atoms with E-state index in [1.54, 1.807) is 78.6 Å². The third-order valence-electron chi connectivity index (χ3n) is 6.18. The van der Waals surface area contributed by atoms with Crippen LogP contribution in [-0.2, 0) is 14.3 Å². The Morgan fingerprint density at radius 1 is 0.846 bits per heavy atom. The molecule has 1 aromatic heterocycles. The third kappa shape index (κ3) is 5.29. The van der Waals surface area contributed by atoms with Crippen LogP contribution in [0.25, 0.3) is 23.1 Å². The van der Waals surface area contributed by atoms with Crippen molar-refractivity contribution in [3.8, 4) is 11.3 Å². The Morgan fingerprint density at radius 3 is 2.33 bits per heavy atom. The minimum Gasteiger partial charge on any atom is -0.465 e. The molecule has 2 heterocycles. The molecule has 0 spiro atoms. The van der Waals surface area contributed by atoms with E-state index in [4.69, 9.17) is 13.9 Å². The Labute approximate surface area is 225 Å². The summed E-state index contributed by atoms with van der Waals surface area (Å²) in [6.45, 7) is 2.07. The van der Waals surface area contributed by atoms with E-state index >= 15 is 0 Å². The first-order valence-electron chi connectivity index (χ1n) is 12.4. The lowest BCUT2D eigenvalue weighted by Crippen LogP contribution is -2.25. The molecule has 0 radical (unpaired) electrons. The Kier molecular flexibility index (Phi) is 7.23. The highest BCUT2D eigenvalue weighted by Crippen LogP contribution is 2.36. The van der Waals surface area contributed by atoms with Gasteiger partial charge in [-0.1, -0.05) is 48.5 Å². The van der Waals surface area contributed by atoms with Crippen molar-refractivity contribution in [2.24, 2.45) is 0 Å². The number of carbonyl (C=O) groups is 3. The summed E-state index contributed by atoms with van der Waals surface area (Å²) in [6, 6.07) is 26.8. The van der Waals surface area contributed by atoms with Crippen LogP contribution in [0.4, 0.5) is 5.69 Å². The predicted octanol–water partition coefficient (Wildman–Crippen LogP) is 6.38. The second kappa shape index (κ2) is 11.1. The molecule has 7 heteroatoms. The first-order valence-corrected chi connectivity index (χ1v) is 12.4. The van der Waals surface area contributed by atoms with Crippen LogP contribution in [-0.4, -0.2) is 31.6 Å². The van der Waals surface area contributed by atoms with Gasteiger partial charge in [-0.3, -0.25) is 9.69 Å². The third-order valence-corrected chi connectivity index (χ3v) is 6.18. The van der Waals surface area contributed by atoms with Crippen LogP contribution in [0, 0.1) is 0 Å². The summed E-state index contributed by atoms with van der Waals surface area (Å²) < 4.78 is 15.9. The van der Waals surface area contributed by atoms with E-state index in [9.17, 15) is 14.4 Å². The molecule has 0 saturated heterocycles. The number of hydrogen-bond donors (Lipinski definition) is 0. The Bertz CT molecular complexity index is 1600. The first-order chi connectivity index (χ1) is 19.0. The molecular formula is C32H25NO6. The van der Waals surface area contributed by atoms with Gasteiger partial charge in [0, 0.05) is 11.1 Å². The first kappa shape index (κ1) is 25.5. The van der Waals surface area contributed by atoms with Crippen molar-refractivity contribution in [2.75, 3.05) is 18.6 Å². The molecule has 0 unspecified atom stereocenters. The molecule has 4 aromatic rings. The van der Waals surface area contributed by atoms with Crippen molar-refractivity contribution >= 4 is 35.3 Å². The lowest BCUT2D eigenvalue weighted by molar-refractivity contribution is -0.113. The molecule has 194 valence electrons. The molecule has 0 saturated carbocycles. The fraction of sp³-hybridized carbons (Fsp3) is 0.0938. The summed E-state index contributed by atoms with van der Waals surface area (Å²) in [5.74, 6) is -0.0268. The smallest absolute Gasteiger partial charge is 0.338 e. The van der Waals surface area contributed by atoms with Crippen molar-refractivity contribution in [1.29, 1.82) is 0 Å². The van der Waals surface area contributed by atoms with Gasteiger partial charge < -0.3 is 13.9 Å². The van der Waals surface area contributed by atoms with Gasteiger partial charge >= 0.3 is 11.9 Å². The van der Waals surface area contributed by atoms with Crippen LogP contribution in [0.1, 0.15) is 39.0 Å². The number of rotatable bonds is 7. The average molecular weight is 520 g/mol. The standard InChI is InChI=1S/C32H25NO6/c1-3-38-32(36)23-14-12-22(13-15-23)29-17-16-27(39-29)19-25-20-28(21-8-5-4-6-9-21)33(30(25)34)26-11-7-10-24(18-26)31(35)37-2/h4-20H,3H2,1-2H3/b25-19+. The number of ether oxygens (including phenoxy) is 2. The zero-order chi connectivity index (χ0) is 27.4. The molecule has 0 N–H and O–H groups in total. The quantitative estimate of drug-likeness (QED) is 0.208. The van der Waals surface area contributed by atoms with Gasteiger partial charge in [0.25, 0.3) is 5.91 Å². The van der Waals surface area contributed by atoms with E-state index in [1.165, 1.54) is 7.11 Å². The number of furan rings is 1. The summed E-state index contributed by atoms with van der Waals surface area (Å²) in [5, 5.41) is 0. The van der Waals surface area contributed by atoms with Crippen LogP contribution in [0.2, 0.25) is 0 Å². The maximum absolute atomic E-state index is 13.7. The van der Waals surface area contributed by atoms with Gasteiger partial charge in [-0.2, -0.15) is 0 Å². The lowest BCUT2D eigenvalue weighted by Gasteiger charge is -2.21. The van der Waals surface area contributed by atoms with Gasteiger partial charge in [0.2, 0.25) is 0 Å². The number of nitrogens with zero attached hydrogens (tertiary/aromatic N) is 1. The molecule has 1 aliphatic heterocycles. The van der Waals surface area contributed by atoms with Gasteiger partial charge in [0.05, 0.1) is 36.2 Å². The second-order valence-corrected chi connectivity index (χ2v) is 8.68. The highest BCUT2D eigenvalue weighted by molar-refractivity contribution is 6.23. The van der Waals surface area contributed by atoms with Gasteiger partial charge in [0.15, 0.2) is 0 Å². The van der Waals surface area contributed by atoms with Gasteiger partial charge in [-0.25, -0.2) is 9.59 Å². The van der Waals surface area contributed by atoms with Crippen molar-refractivity contribution in [1.82, 2.24) is 0 Å². The average Bonchev–Trinajstić information content (AvgIpc) is 3.58. The van der Waals surface area contributed by atoms with Crippen molar-refractivity contribution in [3.05, 3.63) is 125 Å². The lowest BCUT2D eigenvalue weighted by atomic mass is 10.1. The topological polar surface area (TPSA) is 86.0 Å². The number of benzene rings is 3. The largest absolute Gasteiger partial charge is 0.465 e. The van der Waals surface area contributed by atoms with Crippen LogP contribution in [0.5, 0.6) is 0 Å². The normalized spacial score (nSPS) is 13.9. The van der Waals surface area contributed by atoms with Crippen molar-refractivity contribution in [2.45, 2.75) is 6.92 Å². The van der Waals surface area contributed by atoms with Crippen molar-refractivity contribution < 1.29 is 28.3 Å². The van der Waals surface area contributed by atoms with E-state index in [1.807, 2.05) is 36.4 Å². The molecule has 3 aromatic carbocycles. The SMILES string of the molecule is CCOC(=O)c1ccc(-c2ccc(/C=C3\C=C(c4ccccc4)N(c4cccc(C(=O)OC)c4)C3=O)o2)cc1. The summed E-state index contributed by atoms with van der Waals surface area (Å²) in [6.07, 6.45) is 3.49. The Morgan fingerprint density at radius 2 is 1.62 bits per heavy atom. The second-order valence-electron chi connectivity index (χ2n) is 8.68. The van der Waals surface area contributed by atoms with E-state index in [2.05, 4.69) is 0 Å². The summed E-state index contributed by atoms with van der Waals surface area (Å²) in [7, 11) is 1.32. The maximum Gasteiger partial charge on any atom is 0.338 e. The molecule has 1 aliphatic rings. The monoisotopic (exact) mass is 519 g/mol. The van der Waals surface area contributed by atoms with Gasteiger partial charge in [-0.15, -0.1) is 0 Å². The molecule has 1 amide bonds. The molecule has 0 fully saturated rings. The molecule has 39 heavy (non-hydrogen) atoms. The number of hydrogen-bond acceptors (Lipinski definition) is 6. The van der Waals surface area contributed by atoms with Gasteiger partial charge in [0.1, 0.15) is 11.5 Å². The van der Waals surface area contributed by atoms with E-state index in [0.29, 0.717) is 46.2 Å². The predicted molar refractivity (Wildman–Crippen MR) is 148 cm³/mol. The fourth-order valence-corrected chi connectivity index (χ4v) is 4.31. The maximum atomic E-state index is 13.7. The fourth-order valence-electron chi connectivity index (χ4n) is 4.31. The number of methoxy groups -OCH3 is 1. The van der Waals surface area contributed by atoms with Crippen LogP contribution < -0.4 is 4.90 Å². The molecule has 0 aliphatic carbocycles. The minimum absolute atomic E-state index is 0.257. The number of anilines is 1. The van der Waals surface area contributed by atoms with Crippen LogP contribution in [0.3, 0.4) is 0 Å². The summed E-state index contributed by atoms with van der Waals surface area (Å²) >= 11 is 0. The number of esters is 2. The van der Waals surface area contributed by atoms with E-state index in [-0.39, 0.29) is 11.9 Å². The molecule has 7 nitrogen and oxygen atoms in total. The molecule has 5 rings (SSSR count). The van der Waals surface area contributed by atoms with Crippen molar-refractivity contribution in [3.63, 3.8) is 0 Å². The minimum atomic E-state index is -0.483. The Hall–Kier alpha value is -5.17. The number of amides is 1. The van der Waals surface area contributed by atoms with Crippen LogP contribution in [0.15, 0.2) is 107 Å². The highest BCUT2D eigenvalue weighted by Gasteiger charge is 2.31. The molecular weight excluding hydrogens is 494 g/mol. The summed E-state index contributed by atoms with van der Waals surface area (Å²) in [5.41, 5.74) is 4.08. The van der Waals surface area contributed by atoms with E-state index in [0.717, 1.165) is 11.1 Å². The van der Waals surface area contributed by atoms with E-state index < -0.39 is 5.97 Å². The summed E-state index contributed by atoms with van der Waals surface area (Å²) in [4.78, 5) is 39.3. The highest BCUT2D eigenvalue weighted by atomic mass is 16.5. The zero-order valence-electron chi connectivity index (χ0n) is 21.4. The zero-order valence-corrected chi connectivity index (χ0v) is 21.4.